The third kappa shape index (κ3) is 3.05. The molecule has 6 nitrogen and oxygen atoms in total. The zero-order valence-electron chi connectivity index (χ0n) is 9.45. The van der Waals surface area contributed by atoms with Gasteiger partial charge in [-0.15, -0.1) is 10.2 Å². The van der Waals surface area contributed by atoms with Crippen LogP contribution in [0.3, 0.4) is 0 Å². The van der Waals surface area contributed by atoms with Gasteiger partial charge in [0.2, 0.25) is 0 Å². The van der Waals surface area contributed by atoms with E-state index in [4.69, 9.17) is 22.0 Å². The van der Waals surface area contributed by atoms with Crippen LogP contribution in [-0.4, -0.2) is 31.6 Å². The van der Waals surface area contributed by atoms with E-state index in [-0.39, 0.29) is 5.75 Å². The summed E-state index contributed by atoms with van der Waals surface area (Å²) in [6, 6.07) is 6.80. The third-order valence-corrected chi connectivity index (χ3v) is 3.41. The zero-order chi connectivity index (χ0) is 13.8. The maximum absolute atomic E-state index is 10.6. The summed E-state index contributed by atoms with van der Waals surface area (Å²) in [5.74, 6) is -1.06. The van der Waals surface area contributed by atoms with Gasteiger partial charge in [-0.1, -0.05) is 23.4 Å². The first-order chi connectivity index (χ1) is 9.11. The van der Waals surface area contributed by atoms with Gasteiger partial charge in [-0.05, 0) is 18.2 Å². The number of rotatable bonds is 4. The number of aromatic nitrogens is 3. The number of carboxylic acids is 1. The third-order valence-electron chi connectivity index (χ3n) is 2.18. The molecule has 2 aromatic rings. The van der Waals surface area contributed by atoms with Crippen molar-refractivity contribution in [2.75, 3.05) is 5.75 Å². The number of carbonyl (C=O) groups is 1. The molecule has 1 aromatic carbocycles. The SMILES string of the molecule is N#Cc1ccc(-n2cnnc2SCC(=O)O)c(Cl)c1. The van der Waals surface area contributed by atoms with Crippen LogP contribution in [-0.2, 0) is 4.79 Å². The molecule has 8 heteroatoms. The van der Waals surface area contributed by atoms with Crippen LogP contribution in [0.25, 0.3) is 5.69 Å². The first-order valence-corrected chi connectivity index (χ1v) is 6.43. The molecule has 0 atom stereocenters. The van der Waals surface area contributed by atoms with E-state index >= 15 is 0 Å². The van der Waals surface area contributed by atoms with E-state index < -0.39 is 5.97 Å². The van der Waals surface area contributed by atoms with Gasteiger partial charge < -0.3 is 5.11 Å². The summed E-state index contributed by atoms with van der Waals surface area (Å²) in [5, 5.41) is 25.8. The number of benzene rings is 1. The number of carboxylic acid groups (broad SMARTS) is 1. The maximum Gasteiger partial charge on any atom is 0.313 e. The molecule has 19 heavy (non-hydrogen) atoms. The number of thioether (sulfide) groups is 1. The van der Waals surface area contributed by atoms with Crippen molar-refractivity contribution in [1.29, 1.82) is 5.26 Å². The summed E-state index contributed by atoms with van der Waals surface area (Å²) in [4.78, 5) is 10.6. The molecule has 0 spiro atoms. The topological polar surface area (TPSA) is 91.8 Å². The molecule has 0 saturated heterocycles. The average Bonchev–Trinajstić information content (AvgIpc) is 2.84. The Balaban J connectivity index is 2.35. The molecule has 0 unspecified atom stereocenters. The second kappa shape index (κ2) is 5.73. The number of hydrogen-bond donors (Lipinski definition) is 1. The van der Waals surface area contributed by atoms with Crippen molar-refractivity contribution < 1.29 is 9.90 Å². The fraction of sp³-hybridized carbons (Fsp3) is 0.0909. The summed E-state index contributed by atoms with van der Waals surface area (Å²) < 4.78 is 1.58. The van der Waals surface area contributed by atoms with Crippen LogP contribution in [0.2, 0.25) is 5.02 Å². The smallest absolute Gasteiger partial charge is 0.313 e. The number of nitrogens with zero attached hydrogens (tertiary/aromatic N) is 4. The van der Waals surface area contributed by atoms with Gasteiger partial charge in [-0.2, -0.15) is 5.26 Å². The monoisotopic (exact) mass is 294 g/mol. The van der Waals surface area contributed by atoms with Crippen molar-refractivity contribution in [1.82, 2.24) is 14.8 Å². The van der Waals surface area contributed by atoms with Crippen molar-refractivity contribution in [2.45, 2.75) is 5.16 Å². The summed E-state index contributed by atoms with van der Waals surface area (Å²) in [7, 11) is 0. The summed E-state index contributed by atoms with van der Waals surface area (Å²) >= 11 is 7.12. The molecule has 0 aliphatic heterocycles. The number of nitriles is 1. The van der Waals surface area contributed by atoms with Gasteiger partial charge in [0.25, 0.3) is 0 Å². The molecular formula is C11H7ClN4O2S. The van der Waals surface area contributed by atoms with Crippen LogP contribution in [0.5, 0.6) is 0 Å². The highest BCUT2D eigenvalue weighted by atomic mass is 35.5. The predicted octanol–water partition coefficient (Wildman–Crippen LogP) is 1.97. The second-order valence-corrected chi connectivity index (χ2v) is 4.79. The lowest BCUT2D eigenvalue weighted by Gasteiger charge is -2.07. The van der Waals surface area contributed by atoms with Crippen molar-refractivity contribution in [3.8, 4) is 11.8 Å². The van der Waals surface area contributed by atoms with Crippen LogP contribution < -0.4 is 0 Å². The van der Waals surface area contributed by atoms with E-state index in [0.717, 1.165) is 11.8 Å². The quantitative estimate of drug-likeness (QED) is 0.867. The van der Waals surface area contributed by atoms with Gasteiger partial charge in [-0.25, -0.2) is 0 Å². The van der Waals surface area contributed by atoms with Crippen LogP contribution in [0, 0.1) is 11.3 Å². The molecule has 0 fully saturated rings. The van der Waals surface area contributed by atoms with Crippen LogP contribution in [0.1, 0.15) is 5.56 Å². The Labute approximate surface area is 117 Å². The van der Waals surface area contributed by atoms with Crippen molar-refractivity contribution in [3.63, 3.8) is 0 Å². The summed E-state index contributed by atoms with van der Waals surface area (Å²) in [6.07, 6.45) is 1.44. The van der Waals surface area contributed by atoms with Crippen molar-refractivity contribution >= 4 is 29.3 Å². The van der Waals surface area contributed by atoms with Crippen LogP contribution >= 0.6 is 23.4 Å². The molecule has 1 aromatic heterocycles. The van der Waals surface area contributed by atoms with Gasteiger partial charge in [0, 0.05) is 0 Å². The van der Waals surface area contributed by atoms with Crippen LogP contribution in [0.4, 0.5) is 0 Å². The first kappa shape index (κ1) is 13.4. The Kier molecular flexibility index (Phi) is 4.04. The standard InChI is InChI=1S/C11H7ClN4O2S/c12-8-3-7(4-13)1-2-9(8)16-6-14-15-11(16)19-5-10(17)18/h1-3,6H,5H2,(H,17,18). The Morgan fingerprint density at radius 2 is 2.37 bits per heavy atom. The molecule has 0 saturated carbocycles. The molecule has 0 bridgehead atoms. The lowest BCUT2D eigenvalue weighted by Crippen LogP contribution is -2.01. The molecule has 2 rings (SSSR count). The van der Waals surface area contributed by atoms with Crippen LogP contribution in [0.15, 0.2) is 29.7 Å². The van der Waals surface area contributed by atoms with Crippen molar-refractivity contribution in [3.05, 3.63) is 35.1 Å². The van der Waals surface area contributed by atoms with E-state index in [2.05, 4.69) is 10.2 Å². The summed E-state index contributed by atoms with van der Waals surface area (Å²) in [6.45, 7) is 0. The fourth-order valence-electron chi connectivity index (χ4n) is 1.39. The minimum absolute atomic E-state index is 0.118. The highest BCUT2D eigenvalue weighted by Crippen LogP contribution is 2.25. The van der Waals surface area contributed by atoms with E-state index in [0.29, 0.717) is 21.4 Å². The largest absolute Gasteiger partial charge is 0.481 e. The Hall–Kier alpha value is -2.04. The average molecular weight is 295 g/mol. The maximum atomic E-state index is 10.6. The number of aliphatic carboxylic acids is 1. The lowest BCUT2D eigenvalue weighted by atomic mass is 10.2. The Bertz CT molecular complexity index is 665. The minimum atomic E-state index is -0.939. The number of halogens is 1. The molecular weight excluding hydrogens is 288 g/mol. The normalized spacial score (nSPS) is 10.1. The second-order valence-electron chi connectivity index (χ2n) is 3.44. The van der Waals surface area contributed by atoms with Gasteiger partial charge >= 0.3 is 5.97 Å². The van der Waals surface area contributed by atoms with Gasteiger partial charge in [0.1, 0.15) is 6.33 Å². The Morgan fingerprint density at radius 1 is 1.58 bits per heavy atom. The molecule has 1 heterocycles. The van der Waals surface area contributed by atoms with E-state index in [1.165, 1.54) is 12.4 Å². The molecule has 0 aliphatic rings. The number of hydrogen-bond acceptors (Lipinski definition) is 5. The van der Waals surface area contributed by atoms with Gasteiger partial charge in [0.15, 0.2) is 5.16 Å². The molecule has 0 amide bonds. The lowest BCUT2D eigenvalue weighted by molar-refractivity contribution is -0.133. The van der Waals surface area contributed by atoms with E-state index in [1.807, 2.05) is 6.07 Å². The minimum Gasteiger partial charge on any atom is -0.481 e. The highest BCUT2D eigenvalue weighted by Gasteiger charge is 2.12. The highest BCUT2D eigenvalue weighted by molar-refractivity contribution is 7.99. The first-order valence-electron chi connectivity index (χ1n) is 5.06. The van der Waals surface area contributed by atoms with Gasteiger partial charge in [0.05, 0.1) is 28.1 Å². The summed E-state index contributed by atoms with van der Waals surface area (Å²) in [5.41, 5.74) is 1.04. The molecule has 1 N–H and O–H groups in total. The molecule has 96 valence electrons. The van der Waals surface area contributed by atoms with E-state index in [9.17, 15) is 4.79 Å². The van der Waals surface area contributed by atoms with Crippen molar-refractivity contribution in [2.24, 2.45) is 0 Å². The molecule has 0 radical (unpaired) electrons. The Morgan fingerprint density at radius 3 is 3.00 bits per heavy atom. The fourth-order valence-corrected chi connectivity index (χ4v) is 2.30. The zero-order valence-corrected chi connectivity index (χ0v) is 11.0. The predicted molar refractivity (Wildman–Crippen MR) is 69.4 cm³/mol. The van der Waals surface area contributed by atoms with Gasteiger partial charge in [-0.3, -0.25) is 9.36 Å². The molecule has 0 aliphatic carbocycles. The van der Waals surface area contributed by atoms with E-state index in [1.54, 1.807) is 16.7 Å².